The van der Waals surface area contributed by atoms with E-state index in [1.807, 2.05) is 60.7 Å². The van der Waals surface area contributed by atoms with Gasteiger partial charge in [0.15, 0.2) is 5.82 Å². The van der Waals surface area contributed by atoms with Crippen molar-refractivity contribution in [2.45, 2.75) is 76.9 Å². The van der Waals surface area contributed by atoms with E-state index in [1.54, 1.807) is 24.5 Å². The summed E-state index contributed by atoms with van der Waals surface area (Å²) in [5, 5.41) is 14.5. The first-order chi connectivity index (χ1) is 22.5. The van der Waals surface area contributed by atoms with Gasteiger partial charge in [-0.3, -0.25) is 14.4 Å². The highest BCUT2D eigenvalue weighted by atomic mass is 16.5. The number of carbonyl (C=O) groups is 3. The SMILES string of the molecule is CC(C)(C)c1ccc(C(=O)N[C@@H](Cc2ccc(-c3ncc(-c4ccc(OC5CCCC5)cc4)cn3)cc2)C(=O)NCCC(=O)O)cc1. The van der Waals surface area contributed by atoms with Gasteiger partial charge in [0.25, 0.3) is 5.91 Å². The Bertz CT molecular complexity index is 1660. The number of carboxylic acids is 1. The largest absolute Gasteiger partial charge is 0.490 e. The number of benzene rings is 3. The van der Waals surface area contributed by atoms with Gasteiger partial charge in [-0.05, 0) is 72.1 Å². The van der Waals surface area contributed by atoms with Gasteiger partial charge in [-0.1, -0.05) is 69.3 Å². The molecule has 1 heterocycles. The number of carbonyl (C=O) groups excluding carboxylic acids is 2. The summed E-state index contributed by atoms with van der Waals surface area (Å²) >= 11 is 0. The van der Waals surface area contributed by atoms with Crippen molar-refractivity contribution in [1.29, 1.82) is 0 Å². The number of nitrogens with one attached hydrogen (secondary N) is 2. The number of aliphatic carboxylic acids is 1. The zero-order chi connectivity index (χ0) is 33.4. The predicted octanol–water partition coefficient (Wildman–Crippen LogP) is 6.36. The Morgan fingerprint density at radius 3 is 2.06 bits per heavy atom. The van der Waals surface area contributed by atoms with Crippen LogP contribution in [0.4, 0.5) is 0 Å². The van der Waals surface area contributed by atoms with Crippen molar-refractivity contribution in [3.63, 3.8) is 0 Å². The van der Waals surface area contributed by atoms with E-state index < -0.39 is 17.9 Å². The molecule has 0 radical (unpaired) electrons. The van der Waals surface area contributed by atoms with Gasteiger partial charge in [0.2, 0.25) is 5.91 Å². The van der Waals surface area contributed by atoms with Crippen LogP contribution >= 0.6 is 0 Å². The summed E-state index contributed by atoms with van der Waals surface area (Å²) < 4.78 is 6.07. The van der Waals surface area contributed by atoms with Crippen LogP contribution in [-0.4, -0.2) is 51.5 Å². The van der Waals surface area contributed by atoms with Crippen molar-refractivity contribution in [1.82, 2.24) is 20.6 Å². The summed E-state index contributed by atoms with van der Waals surface area (Å²) in [6.07, 6.45) is 8.60. The van der Waals surface area contributed by atoms with Crippen molar-refractivity contribution in [2.24, 2.45) is 0 Å². The van der Waals surface area contributed by atoms with Crippen LogP contribution in [-0.2, 0) is 21.4 Å². The van der Waals surface area contributed by atoms with Gasteiger partial charge >= 0.3 is 5.97 Å². The molecule has 2 amide bonds. The predicted molar refractivity (Wildman–Crippen MR) is 181 cm³/mol. The first kappa shape index (κ1) is 33.3. The van der Waals surface area contributed by atoms with Crippen molar-refractivity contribution in [3.05, 3.63) is 102 Å². The smallest absolute Gasteiger partial charge is 0.305 e. The standard InChI is InChI=1S/C38H42N4O5/c1-38(2,3)30-16-12-28(13-17-30)36(45)42-33(37(46)39-21-20-34(43)44)22-25-8-10-27(11-9-25)35-40-23-29(24-41-35)26-14-18-32(19-15-26)47-31-6-4-5-7-31/h8-19,23-24,31,33H,4-7,20-22H2,1-3H3,(H,39,46)(H,42,45)(H,43,44)/t33-/m0/s1. The minimum Gasteiger partial charge on any atom is -0.490 e. The third-order valence-electron chi connectivity index (χ3n) is 8.37. The van der Waals surface area contributed by atoms with Crippen molar-refractivity contribution in [2.75, 3.05) is 6.54 Å². The zero-order valence-electron chi connectivity index (χ0n) is 27.2. The fourth-order valence-corrected chi connectivity index (χ4v) is 5.56. The molecule has 244 valence electrons. The molecule has 0 aliphatic heterocycles. The van der Waals surface area contributed by atoms with Crippen LogP contribution < -0.4 is 15.4 Å². The monoisotopic (exact) mass is 634 g/mol. The lowest BCUT2D eigenvalue weighted by Gasteiger charge is -2.20. The lowest BCUT2D eigenvalue weighted by molar-refractivity contribution is -0.137. The maximum atomic E-state index is 13.1. The van der Waals surface area contributed by atoms with E-state index in [4.69, 9.17) is 9.84 Å². The number of nitrogens with zero attached hydrogens (tertiary/aromatic N) is 2. The average Bonchev–Trinajstić information content (AvgIpc) is 3.58. The molecule has 3 aromatic carbocycles. The molecule has 9 heteroatoms. The maximum absolute atomic E-state index is 13.1. The second-order valence-corrected chi connectivity index (χ2v) is 13.0. The van der Waals surface area contributed by atoms with Crippen LogP contribution in [0.3, 0.4) is 0 Å². The molecule has 1 fully saturated rings. The fraction of sp³-hybridized carbons (Fsp3) is 0.342. The maximum Gasteiger partial charge on any atom is 0.305 e. The molecule has 0 spiro atoms. The molecule has 4 aromatic rings. The van der Waals surface area contributed by atoms with E-state index in [9.17, 15) is 14.4 Å². The summed E-state index contributed by atoms with van der Waals surface area (Å²) in [4.78, 5) is 46.3. The molecule has 47 heavy (non-hydrogen) atoms. The van der Waals surface area contributed by atoms with Crippen LogP contribution in [0.1, 0.15) is 74.4 Å². The quantitative estimate of drug-likeness (QED) is 0.165. The second-order valence-electron chi connectivity index (χ2n) is 13.0. The molecule has 1 aliphatic rings. The number of rotatable bonds is 12. The Morgan fingerprint density at radius 2 is 1.47 bits per heavy atom. The third-order valence-corrected chi connectivity index (χ3v) is 8.37. The number of aromatic nitrogens is 2. The number of ether oxygens (including phenoxy) is 1. The van der Waals surface area contributed by atoms with Crippen LogP contribution in [0.5, 0.6) is 5.75 Å². The van der Waals surface area contributed by atoms with E-state index in [-0.39, 0.29) is 30.7 Å². The number of amides is 2. The third kappa shape index (κ3) is 9.25. The highest BCUT2D eigenvalue weighted by Crippen LogP contribution is 2.27. The van der Waals surface area contributed by atoms with Crippen molar-refractivity contribution >= 4 is 17.8 Å². The molecule has 0 unspecified atom stereocenters. The Morgan fingerprint density at radius 1 is 0.851 bits per heavy atom. The molecular weight excluding hydrogens is 592 g/mol. The molecule has 1 saturated carbocycles. The molecule has 3 N–H and O–H groups in total. The highest BCUT2D eigenvalue weighted by Gasteiger charge is 2.23. The lowest BCUT2D eigenvalue weighted by atomic mass is 9.86. The minimum absolute atomic E-state index is 0.0362. The van der Waals surface area contributed by atoms with Crippen LogP contribution in [0.25, 0.3) is 22.5 Å². The summed E-state index contributed by atoms with van der Waals surface area (Å²) in [7, 11) is 0. The molecule has 5 rings (SSSR count). The Kier molecular flexibility index (Phi) is 10.7. The Hall–Kier alpha value is -5.05. The molecule has 1 aliphatic carbocycles. The van der Waals surface area contributed by atoms with Crippen LogP contribution in [0.2, 0.25) is 0 Å². The van der Waals surface area contributed by atoms with E-state index in [1.165, 1.54) is 12.8 Å². The van der Waals surface area contributed by atoms with Crippen LogP contribution in [0, 0.1) is 0 Å². The fourth-order valence-electron chi connectivity index (χ4n) is 5.56. The summed E-state index contributed by atoms with van der Waals surface area (Å²) in [5.41, 5.74) is 5.00. The number of hydrogen-bond acceptors (Lipinski definition) is 6. The van der Waals surface area contributed by atoms with Crippen molar-refractivity contribution in [3.8, 4) is 28.3 Å². The van der Waals surface area contributed by atoms with Gasteiger partial charge < -0.3 is 20.5 Å². The first-order valence-corrected chi connectivity index (χ1v) is 16.1. The second kappa shape index (κ2) is 15.0. The molecule has 0 saturated heterocycles. The van der Waals surface area contributed by atoms with Gasteiger partial charge in [-0.25, -0.2) is 9.97 Å². The molecule has 1 atom stereocenters. The minimum atomic E-state index is -1.02. The topological polar surface area (TPSA) is 131 Å². The Labute approximate surface area is 275 Å². The van der Waals surface area contributed by atoms with Gasteiger partial charge in [0.05, 0.1) is 12.5 Å². The number of hydrogen-bond donors (Lipinski definition) is 3. The lowest BCUT2D eigenvalue weighted by Crippen LogP contribution is -2.48. The Balaban J connectivity index is 1.24. The zero-order valence-corrected chi connectivity index (χ0v) is 27.2. The van der Waals surface area contributed by atoms with E-state index in [0.717, 1.165) is 46.4 Å². The van der Waals surface area contributed by atoms with E-state index >= 15 is 0 Å². The van der Waals surface area contributed by atoms with Gasteiger partial charge in [-0.2, -0.15) is 0 Å². The highest BCUT2D eigenvalue weighted by molar-refractivity contribution is 5.97. The average molecular weight is 635 g/mol. The normalized spacial score (nSPS) is 13.9. The first-order valence-electron chi connectivity index (χ1n) is 16.1. The molecular formula is C38H42N4O5. The van der Waals surface area contributed by atoms with E-state index in [2.05, 4.69) is 41.4 Å². The van der Waals surface area contributed by atoms with Gasteiger partial charge in [0.1, 0.15) is 11.8 Å². The molecule has 1 aromatic heterocycles. The molecule has 9 nitrogen and oxygen atoms in total. The number of carboxylic acid groups (broad SMARTS) is 1. The summed E-state index contributed by atoms with van der Waals surface area (Å²) in [6, 6.07) is 21.9. The summed E-state index contributed by atoms with van der Waals surface area (Å²) in [6.45, 7) is 6.25. The summed E-state index contributed by atoms with van der Waals surface area (Å²) in [5.74, 6) is -0.404. The van der Waals surface area contributed by atoms with Crippen molar-refractivity contribution < 1.29 is 24.2 Å². The van der Waals surface area contributed by atoms with E-state index in [0.29, 0.717) is 17.5 Å². The molecule has 0 bridgehead atoms. The van der Waals surface area contributed by atoms with Gasteiger partial charge in [-0.15, -0.1) is 0 Å². The van der Waals surface area contributed by atoms with Crippen LogP contribution in [0.15, 0.2) is 85.2 Å². The van der Waals surface area contributed by atoms with Gasteiger partial charge in [0, 0.05) is 42.0 Å².